The molecule has 0 aliphatic heterocycles. The van der Waals surface area contributed by atoms with E-state index in [0.717, 1.165) is 0 Å². The van der Waals surface area contributed by atoms with Crippen LogP contribution in [0, 0.1) is 0 Å². The van der Waals surface area contributed by atoms with Gasteiger partial charge in [-0.2, -0.15) is 20.1 Å². The summed E-state index contributed by atoms with van der Waals surface area (Å²) < 4.78 is 1.50. The predicted molar refractivity (Wildman–Crippen MR) is 66.1 cm³/mol. The standard InChI is InChI=1S/C10H15N7O/c1-7(3-6-18)13-9-14-8(11)15-10(16-9)17-5-2-4-12-17/h2,4-5,7,18H,3,6H2,1H3,(H3,11,13,14,15,16). The van der Waals surface area contributed by atoms with E-state index in [2.05, 4.69) is 25.4 Å². The molecule has 96 valence electrons. The van der Waals surface area contributed by atoms with Gasteiger partial charge in [0.1, 0.15) is 0 Å². The van der Waals surface area contributed by atoms with Crippen molar-refractivity contribution in [3.8, 4) is 5.95 Å². The molecule has 0 aromatic carbocycles. The number of aliphatic hydroxyl groups is 1. The van der Waals surface area contributed by atoms with Gasteiger partial charge < -0.3 is 16.2 Å². The van der Waals surface area contributed by atoms with E-state index in [1.165, 1.54) is 4.68 Å². The molecule has 2 rings (SSSR count). The van der Waals surface area contributed by atoms with Gasteiger partial charge >= 0.3 is 0 Å². The number of hydrogen-bond acceptors (Lipinski definition) is 7. The Hall–Kier alpha value is -2.22. The van der Waals surface area contributed by atoms with Gasteiger partial charge in [-0.1, -0.05) is 0 Å². The van der Waals surface area contributed by atoms with Crippen LogP contribution in [0.15, 0.2) is 18.5 Å². The van der Waals surface area contributed by atoms with E-state index in [9.17, 15) is 0 Å². The van der Waals surface area contributed by atoms with E-state index >= 15 is 0 Å². The third-order valence-electron chi connectivity index (χ3n) is 2.29. The quantitative estimate of drug-likeness (QED) is 0.673. The summed E-state index contributed by atoms with van der Waals surface area (Å²) >= 11 is 0. The van der Waals surface area contributed by atoms with Crippen molar-refractivity contribution < 1.29 is 5.11 Å². The molecule has 0 amide bonds. The van der Waals surface area contributed by atoms with E-state index in [-0.39, 0.29) is 18.6 Å². The van der Waals surface area contributed by atoms with Gasteiger partial charge in [0.15, 0.2) is 0 Å². The minimum Gasteiger partial charge on any atom is -0.396 e. The SMILES string of the molecule is CC(CCO)Nc1nc(N)nc(-n2cccn2)n1. The van der Waals surface area contributed by atoms with Gasteiger partial charge in [0, 0.05) is 25.0 Å². The molecule has 0 aliphatic rings. The molecule has 0 saturated heterocycles. The summed E-state index contributed by atoms with van der Waals surface area (Å²) in [5, 5.41) is 15.9. The molecule has 1 atom stereocenters. The maximum absolute atomic E-state index is 8.84. The van der Waals surface area contributed by atoms with Crippen molar-refractivity contribution in [2.24, 2.45) is 0 Å². The second-order valence-corrected chi connectivity index (χ2v) is 3.83. The Balaban J connectivity index is 2.22. The Labute approximate surface area is 104 Å². The molecule has 8 heteroatoms. The highest BCUT2D eigenvalue weighted by molar-refractivity contribution is 5.35. The summed E-state index contributed by atoms with van der Waals surface area (Å²) in [4.78, 5) is 12.2. The van der Waals surface area contributed by atoms with Crippen molar-refractivity contribution in [3.05, 3.63) is 18.5 Å². The maximum atomic E-state index is 8.84. The van der Waals surface area contributed by atoms with Crippen LogP contribution in [-0.2, 0) is 0 Å². The Morgan fingerprint density at radius 3 is 2.94 bits per heavy atom. The second-order valence-electron chi connectivity index (χ2n) is 3.83. The lowest BCUT2D eigenvalue weighted by Crippen LogP contribution is -2.20. The first-order valence-corrected chi connectivity index (χ1v) is 5.58. The zero-order valence-corrected chi connectivity index (χ0v) is 9.98. The molecule has 0 spiro atoms. The van der Waals surface area contributed by atoms with Crippen molar-refractivity contribution >= 4 is 11.9 Å². The molecule has 2 aromatic rings. The minimum absolute atomic E-state index is 0.0438. The molecule has 0 aliphatic carbocycles. The second kappa shape index (κ2) is 5.41. The first-order chi connectivity index (χ1) is 8.69. The maximum Gasteiger partial charge on any atom is 0.257 e. The largest absolute Gasteiger partial charge is 0.396 e. The summed E-state index contributed by atoms with van der Waals surface area (Å²) in [5.41, 5.74) is 5.62. The highest BCUT2D eigenvalue weighted by atomic mass is 16.3. The van der Waals surface area contributed by atoms with E-state index in [4.69, 9.17) is 10.8 Å². The van der Waals surface area contributed by atoms with Crippen molar-refractivity contribution in [1.29, 1.82) is 0 Å². The van der Waals surface area contributed by atoms with Crippen LogP contribution < -0.4 is 11.1 Å². The molecule has 1 unspecified atom stereocenters. The van der Waals surface area contributed by atoms with E-state index < -0.39 is 0 Å². The fourth-order valence-electron chi connectivity index (χ4n) is 1.42. The molecule has 8 nitrogen and oxygen atoms in total. The lowest BCUT2D eigenvalue weighted by Gasteiger charge is -2.12. The zero-order valence-electron chi connectivity index (χ0n) is 9.98. The third kappa shape index (κ3) is 2.92. The Morgan fingerprint density at radius 2 is 2.28 bits per heavy atom. The predicted octanol–water partition coefficient (Wildman–Crippen LogP) is -0.178. The smallest absolute Gasteiger partial charge is 0.257 e. The van der Waals surface area contributed by atoms with Crippen LogP contribution in [-0.4, -0.2) is 42.5 Å². The molecule has 4 N–H and O–H groups in total. The lowest BCUT2D eigenvalue weighted by molar-refractivity contribution is 0.282. The summed E-state index contributed by atoms with van der Waals surface area (Å²) in [7, 11) is 0. The number of nitrogens with one attached hydrogen (secondary N) is 1. The summed E-state index contributed by atoms with van der Waals surface area (Å²) in [6.45, 7) is 2.02. The average molecular weight is 249 g/mol. The Kier molecular flexibility index (Phi) is 3.68. The topological polar surface area (TPSA) is 115 Å². The molecule has 18 heavy (non-hydrogen) atoms. The first-order valence-electron chi connectivity index (χ1n) is 5.58. The van der Waals surface area contributed by atoms with Crippen LogP contribution in [0.3, 0.4) is 0 Å². The van der Waals surface area contributed by atoms with Gasteiger partial charge in [-0.3, -0.25) is 0 Å². The molecular formula is C10H15N7O. The number of nitrogens with two attached hydrogens (primary N) is 1. The summed E-state index contributed by atoms with van der Waals surface area (Å²) in [6.07, 6.45) is 3.94. The van der Waals surface area contributed by atoms with Gasteiger partial charge in [0.05, 0.1) is 0 Å². The molecule has 2 aromatic heterocycles. The van der Waals surface area contributed by atoms with Gasteiger partial charge in [0.2, 0.25) is 11.9 Å². The van der Waals surface area contributed by atoms with Gasteiger partial charge in [0.25, 0.3) is 5.95 Å². The monoisotopic (exact) mass is 249 g/mol. The van der Waals surface area contributed by atoms with Crippen LogP contribution >= 0.6 is 0 Å². The van der Waals surface area contributed by atoms with Gasteiger partial charge in [-0.15, -0.1) is 0 Å². The van der Waals surface area contributed by atoms with Crippen molar-refractivity contribution in [1.82, 2.24) is 24.7 Å². The number of nitrogen functional groups attached to an aromatic ring is 1. The Bertz CT molecular complexity index is 499. The number of aromatic nitrogens is 5. The van der Waals surface area contributed by atoms with Crippen molar-refractivity contribution in [2.45, 2.75) is 19.4 Å². The van der Waals surface area contributed by atoms with Gasteiger partial charge in [-0.25, -0.2) is 4.68 Å². The number of nitrogens with zero attached hydrogens (tertiary/aromatic N) is 5. The molecule has 0 bridgehead atoms. The third-order valence-corrected chi connectivity index (χ3v) is 2.29. The van der Waals surface area contributed by atoms with Crippen LogP contribution in [0.1, 0.15) is 13.3 Å². The molecule has 2 heterocycles. The number of hydrogen-bond donors (Lipinski definition) is 3. The van der Waals surface area contributed by atoms with E-state index in [0.29, 0.717) is 18.3 Å². The normalized spacial score (nSPS) is 12.3. The fraction of sp³-hybridized carbons (Fsp3) is 0.400. The zero-order chi connectivity index (χ0) is 13.0. The minimum atomic E-state index is 0.0438. The van der Waals surface area contributed by atoms with Crippen molar-refractivity contribution in [2.75, 3.05) is 17.7 Å². The van der Waals surface area contributed by atoms with Crippen LogP contribution in [0.2, 0.25) is 0 Å². The summed E-state index contributed by atoms with van der Waals surface area (Å²) in [6, 6.07) is 1.81. The highest BCUT2D eigenvalue weighted by Gasteiger charge is 2.08. The molecule has 0 saturated carbocycles. The molecular weight excluding hydrogens is 234 g/mol. The number of rotatable bonds is 5. The molecule has 0 radical (unpaired) electrons. The Morgan fingerprint density at radius 1 is 1.44 bits per heavy atom. The van der Waals surface area contributed by atoms with Crippen molar-refractivity contribution in [3.63, 3.8) is 0 Å². The summed E-state index contributed by atoms with van der Waals surface area (Å²) in [5.74, 6) is 0.842. The average Bonchev–Trinajstić information content (AvgIpc) is 2.81. The van der Waals surface area contributed by atoms with Crippen LogP contribution in [0.5, 0.6) is 0 Å². The first kappa shape index (κ1) is 12.2. The van der Waals surface area contributed by atoms with E-state index in [1.807, 2.05) is 6.92 Å². The fourth-order valence-corrected chi connectivity index (χ4v) is 1.42. The van der Waals surface area contributed by atoms with Crippen LogP contribution in [0.4, 0.5) is 11.9 Å². The van der Waals surface area contributed by atoms with Gasteiger partial charge in [-0.05, 0) is 19.4 Å². The molecule has 0 fully saturated rings. The van der Waals surface area contributed by atoms with E-state index in [1.54, 1.807) is 18.5 Å². The number of aliphatic hydroxyl groups excluding tert-OH is 1. The lowest BCUT2D eigenvalue weighted by atomic mass is 10.2. The highest BCUT2D eigenvalue weighted by Crippen LogP contribution is 2.08. The van der Waals surface area contributed by atoms with Crippen LogP contribution in [0.25, 0.3) is 5.95 Å². The number of anilines is 2.